The molecule has 1 atom stereocenters. The third-order valence-electron chi connectivity index (χ3n) is 1.80. The lowest BCUT2D eigenvalue weighted by atomic mass is 9.97. The number of aliphatic carboxylic acids is 1. The molecule has 0 aliphatic carbocycles. The first-order chi connectivity index (χ1) is 6.11. The summed E-state index contributed by atoms with van der Waals surface area (Å²) in [5.74, 6) is -1.21. The number of hydrogen-bond acceptors (Lipinski definition) is 2. The summed E-state index contributed by atoms with van der Waals surface area (Å²) >= 11 is 1.85. The molecular weight excluding hydrogens is 283 g/mol. The summed E-state index contributed by atoms with van der Waals surface area (Å²) < 4.78 is 0.129. The largest absolute Gasteiger partial charge is 0.479 e. The standard InChI is InChI=1S/C9H9IO3/c10-6-9(13,8(11)12)7-4-2-1-3-5-7/h1-5,13H,6H2,(H,11,12). The van der Waals surface area contributed by atoms with Gasteiger partial charge in [-0.1, -0.05) is 52.9 Å². The van der Waals surface area contributed by atoms with Crippen molar-refractivity contribution in [2.24, 2.45) is 0 Å². The van der Waals surface area contributed by atoms with Crippen LogP contribution in [0.15, 0.2) is 30.3 Å². The molecule has 3 nitrogen and oxygen atoms in total. The maximum atomic E-state index is 10.8. The molecule has 0 aliphatic rings. The molecule has 13 heavy (non-hydrogen) atoms. The minimum absolute atomic E-state index is 0.129. The number of hydrogen-bond donors (Lipinski definition) is 2. The van der Waals surface area contributed by atoms with Crippen LogP contribution in [0, 0.1) is 0 Å². The predicted molar refractivity (Wildman–Crippen MR) is 56.9 cm³/mol. The molecule has 1 aromatic carbocycles. The van der Waals surface area contributed by atoms with Crippen LogP contribution >= 0.6 is 22.6 Å². The van der Waals surface area contributed by atoms with E-state index in [1.165, 1.54) is 0 Å². The van der Waals surface area contributed by atoms with Gasteiger partial charge in [0.1, 0.15) is 0 Å². The molecule has 0 heterocycles. The lowest BCUT2D eigenvalue weighted by Gasteiger charge is -2.20. The Morgan fingerprint density at radius 2 is 1.92 bits per heavy atom. The minimum atomic E-state index is -1.76. The van der Waals surface area contributed by atoms with E-state index in [9.17, 15) is 9.90 Å². The predicted octanol–water partition coefficient (Wildman–Crippen LogP) is 1.39. The van der Waals surface area contributed by atoms with Crippen molar-refractivity contribution >= 4 is 28.6 Å². The molecule has 1 rings (SSSR count). The van der Waals surface area contributed by atoms with Gasteiger partial charge in [-0.2, -0.15) is 0 Å². The SMILES string of the molecule is O=C(O)C(O)(CI)c1ccccc1. The summed E-state index contributed by atoms with van der Waals surface area (Å²) in [6, 6.07) is 8.39. The third-order valence-corrected chi connectivity index (χ3v) is 2.90. The molecular formula is C9H9IO3. The highest BCUT2D eigenvalue weighted by Crippen LogP contribution is 2.23. The molecule has 70 valence electrons. The molecule has 0 amide bonds. The van der Waals surface area contributed by atoms with Gasteiger partial charge >= 0.3 is 5.97 Å². The van der Waals surface area contributed by atoms with E-state index in [2.05, 4.69) is 0 Å². The molecule has 1 aromatic rings. The Bertz CT molecular complexity index is 299. The van der Waals surface area contributed by atoms with E-state index in [1.807, 2.05) is 22.6 Å². The van der Waals surface area contributed by atoms with Crippen LogP contribution < -0.4 is 0 Å². The topological polar surface area (TPSA) is 57.5 Å². The second kappa shape index (κ2) is 4.06. The Labute approximate surface area is 89.5 Å². The van der Waals surface area contributed by atoms with Crippen LogP contribution in [0.1, 0.15) is 5.56 Å². The fraction of sp³-hybridized carbons (Fsp3) is 0.222. The molecule has 0 aromatic heterocycles. The minimum Gasteiger partial charge on any atom is -0.479 e. The Kier molecular flexibility index (Phi) is 3.27. The molecule has 4 heteroatoms. The van der Waals surface area contributed by atoms with Crippen LogP contribution in [0.25, 0.3) is 0 Å². The van der Waals surface area contributed by atoms with Gasteiger partial charge in [0.2, 0.25) is 0 Å². The first kappa shape index (κ1) is 10.5. The lowest BCUT2D eigenvalue weighted by molar-refractivity contribution is -0.156. The maximum Gasteiger partial charge on any atom is 0.341 e. The van der Waals surface area contributed by atoms with Crippen molar-refractivity contribution in [3.8, 4) is 0 Å². The number of carboxylic acid groups (broad SMARTS) is 1. The normalized spacial score (nSPS) is 14.9. The Morgan fingerprint density at radius 1 is 1.38 bits per heavy atom. The molecule has 0 radical (unpaired) electrons. The highest BCUT2D eigenvalue weighted by molar-refractivity contribution is 14.1. The summed E-state index contributed by atoms with van der Waals surface area (Å²) in [6.45, 7) is 0. The van der Waals surface area contributed by atoms with Gasteiger partial charge in [-0.15, -0.1) is 0 Å². The Balaban J connectivity index is 3.11. The second-order valence-corrected chi connectivity index (χ2v) is 3.43. The number of rotatable bonds is 3. The van der Waals surface area contributed by atoms with Crippen LogP contribution in [-0.4, -0.2) is 20.6 Å². The fourth-order valence-electron chi connectivity index (χ4n) is 0.972. The van der Waals surface area contributed by atoms with Crippen molar-refractivity contribution in [3.63, 3.8) is 0 Å². The van der Waals surface area contributed by atoms with Crippen molar-refractivity contribution in [1.82, 2.24) is 0 Å². The fourth-order valence-corrected chi connectivity index (χ4v) is 1.74. The number of carboxylic acids is 1. The van der Waals surface area contributed by atoms with Gasteiger partial charge in [0.15, 0.2) is 5.60 Å². The average molecular weight is 292 g/mol. The highest BCUT2D eigenvalue weighted by Gasteiger charge is 2.36. The smallest absolute Gasteiger partial charge is 0.341 e. The van der Waals surface area contributed by atoms with Gasteiger partial charge in [0.25, 0.3) is 0 Å². The maximum absolute atomic E-state index is 10.8. The highest BCUT2D eigenvalue weighted by atomic mass is 127. The van der Waals surface area contributed by atoms with E-state index in [0.717, 1.165) is 0 Å². The molecule has 0 bridgehead atoms. The molecule has 0 aliphatic heterocycles. The summed E-state index contributed by atoms with van der Waals surface area (Å²) in [4.78, 5) is 10.8. The van der Waals surface area contributed by atoms with Crippen molar-refractivity contribution in [1.29, 1.82) is 0 Å². The molecule has 0 saturated heterocycles. The van der Waals surface area contributed by atoms with Gasteiger partial charge in [-0.05, 0) is 5.56 Å². The monoisotopic (exact) mass is 292 g/mol. The van der Waals surface area contributed by atoms with Crippen molar-refractivity contribution in [2.45, 2.75) is 5.60 Å². The van der Waals surface area contributed by atoms with Crippen LogP contribution in [-0.2, 0) is 10.4 Å². The Hall–Kier alpha value is -0.620. The number of halogens is 1. The van der Waals surface area contributed by atoms with E-state index in [0.29, 0.717) is 5.56 Å². The van der Waals surface area contributed by atoms with Gasteiger partial charge in [-0.25, -0.2) is 4.79 Å². The van der Waals surface area contributed by atoms with Crippen molar-refractivity contribution in [2.75, 3.05) is 4.43 Å². The first-order valence-corrected chi connectivity index (χ1v) is 5.21. The van der Waals surface area contributed by atoms with Crippen LogP contribution in [0.5, 0.6) is 0 Å². The van der Waals surface area contributed by atoms with Crippen LogP contribution in [0.2, 0.25) is 0 Å². The first-order valence-electron chi connectivity index (χ1n) is 3.68. The molecule has 0 saturated carbocycles. The molecule has 0 fully saturated rings. The summed E-state index contributed by atoms with van der Waals surface area (Å²) in [7, 11) is 0. The van der Waals surface area contributed by atoms with E-state index >= 15 is 0 Å². The third kappa shape index (κ3) is 2.00. The van der Waals surface area contributed by atoms with Crippen molar-refractivity contribution < 1.29 is 15.0 Å². The zero-order valence-corrected chi connectivity index (χ0v) is 8.93. The summed E-state index contributed by atoms with van der Waals surface area (Å²) in [5.41, 5.74) is -1.35. The Morgan fingerprint density at radius 3 is 2.31 bits per heavy atom. The summed E-state index contributed by atoms with van der Waals surface area (Å²) in [6.07, 6.45) is 0. The zero-order valence-electron chi connectivity index (χ0n) is 6.77. The molecule has 1 unspecified atom stereocenters. The zero-order chi connectivity index (χ0) is 9.90. The lowest BCUT2D eigenvalue weighted by Crippen LogP contribution is -2.37. The summed E-state index contributed by atoms with van der Waals surface area (Å²) in [5, 5.41) is 18.6. The molecule has 2 N–H and O–H groups in total. The van der Waals surface area contributed by atoms with Crippen molar-refractivity contribution in [3.05, 3.63) is 35.9 Å². The number of alkyl halides is 1. The van der Waals surface area contributed by atoms with Gasteiger partial charge in [0, 0.05) is 4.43 Å². The van der Waals surface area contributed by atoms with E-state index < -0.39 is 11.6 Å². The van der Waals surface area contributed by atoms with Gasteiger partial charge < -0.3 is 10.2 Å². The van der Waals surface area contributed by atoms with Crippen LogP contribution in [0.4, 0.5) is 0 Å². The average Bonchev–Trinajstić information content (AvgIpc) is 2.17. The number of carbonyl (C=O) groups is 1. The molecule has 0 spiro atoms. The second-order valence-electron chi connectivity index (χ2n) is 2.67. The quantitative estimate of drug-likeness (QED) is 0.654. The van der Waals surface area contributed by atoms with E-state index in [1.54, 1.807) is 30.3 Å². The van der Waals surface area contributed by atoms with Gasteiger partial charge in [0.05, 0.1) is 0 Å². The van der Waals surface area contributed by atoms with Crippen LogP contribution in [0.3, 0.4) is 0 Å². The van der Waals surface area contributed by atoms with Gasteiger partial charge in [-0.3, -0.25) is 0 Å². The van der Waals surface area contributed by atoms with E-state index in [4.69, 9.17) is 5.11 Å². The number of benzene rings is 1. The van der Waals surface area contributed by atoms with E-state index in [-0.39, 0.29) is 4.43 Å². The number of aliphatic hydroxyl groups is 1.